The van der Waals surface area contributed by atoms with Crippen LogP contribution < -0.4 is 5.32 Å². The van der Waals surface area contributed by atoms with Gasteiger partial charge in [-0.25, -0.2) is 8.78 Å². The number of aliphatic hydroxyl groups is 1. The number of nitrogens with one attached hydrogen (secondary N) is 1. The number of hydrogen-bond donors (Lipinski definition) is 2. The van der Waals surface area contributed by atoms with Crippen LogP contribution >= 0.6 is 0 Å². The number of hydrogen-bond acceptors (Lipinski definition) is 2. The molecule has 0 aliphatic heterocycles. The maximum atomic E-state index is 12.0. The Morgan fingerprint density at radius 3 is 2.35 bits per heavy atom. The highest BCUT2D eigenvalue weighted by Gasteiger charge is 2.19. The summed E-state index contributed by atoms with van der Waals surface area (Å²) < 4.78 is 24.1. The van der Waals surface area contributed by atoms with E-state index in [0.717, 1.165) is 11.1 Å². The van der Waals surface area contributed by atoms with E-state index in [4.69, 9.17) is 5.11 Å². The molecule has 3 nitrogen and oxygen atoms in total. The lowest BCUT2D eigenvalue weighted by molar-refractivity contribution is -0.00270. The van der Waals surface area contributed by atoms with E-state index in [0.29, 0.717) is 5.56 Å². The van der Waals surface area contributed by atoms with Crippen molar-refractivity contribution in [3.63, 3.8) is 0 Å². The minimum atomic E-state index is -2.85. The average molecular weight is 243 g/mol. The molecule has 0 radical (unpaired) electrons. The summed E-state index contributed by atoms with van der Waals surface area (Å²) in [4.78, 5) is 11.7. The van der Waals surface area contributed by atoms with Gasteiger partial charge < -0.3 is 10.4 Å². The van der Waals surface area contributed by atoms with Gasteiger partial charge in [-0.05, 0) is 25.0 Å². The van der Waals surface area contributed by atoms with Gasteiger partial charge in [0.1, 0.15) is 6.10 Å². The molecule has 17 heavy (non-hydrogen) atoms. The topological polar surface area (TPSA) is 49.3 Å². The van der Waals surface area contributed by atoms with Crippen LogP contribution in [0.15, 0.2) is 18.2 Å². The fourth-order valence-electron chi connectivity index (χ4n) is 1.55. The van der Waals surface area contributed by atoms with Crippen molar-refractivity contribution in [2.24, 2.45) is 0 Å². The van der Waals surface area contributed by atoms with Crippen molar-refractivity contribution in [2.75, 3.05) is 6.54 Å². The first kappa shape index (κ1) is 13.6. The van der Waals surface area contributed by atoms with E-state index in [1.54, 1.807) is 26.0 Å². The molecule has 0 fully saturated rings. The van der Waals surface area contributed by atoms with Crippen molar-refractivity contribution < 1.29 is 18.7 Å². The maximum Gasteiger partial charge on any atom is 0.265 e. The second kappa shape index (κ2) is 5.72. The maximum absolute atomic E-state index is 12.0. The second-order valence-corrected chi connectivity index (χ2v) is 3.88. The van der Waals surface area contributed by atoms with Crippen molar-refractivity contribution in [2.45, 2.75) is 26.4 Å². The van der Waals surface area contributed by atoms with Gasteiger partial charge in [-0.2, -0.15) is 0 Å². The number of carbonyl (C=O) groups is 1. The standard InChI is InChI=1S/C12H15F2NO2/c1-7-4-3-5-8(2)10(7)12(17)15-6-9(16)11(13)14/h3-5,9,11,16H,6H2,1-2H3,(H,15,17). The van der Waals surface area contributed by atoms with Gasteiger partial charge in [0.15, 0.2) is 0 Å². The molecule has 5 heteroatoms. The molecule has 0 aliphatic rings. The van der Waals surface area contributed by atoms with Crippen molar-refractivity contribution in [1.82, 2.24) is 5.32 Å². The lowest BCUT2D eigenvalue weighted by Gasteiger charge is -2.13. The molecule has 0 saturated heterocycles. The Balaban J connectivity index is 2.71. The summed E-state index contributed by atoms with van der Waals surface area (Å²) in [7, 11) is 0. The molecule has 1 rings (SSSR count). The fourth-order valence-corrected chi connectivity index (χ4v) is 1.55. The zero-order chi connectivity index (χ0) is 13.0. The van der Waals surface area contributed by atoms with E-state index in [9.17, 15) is 13.6 Å². The van der Waals surface area contributed by atoms with E-state index in [2.05, 4.69) is 5.32 Å². The molecule has 94 valence electrons. The molecule has 0 spiro atoms. The molecule has 1 atom stereocenters. The minimum absolute atomic E-state index is 0.444. The van der Waals surface area contributed by atoms with Gasteiger partial charge in [0.25, 0.3) is 12.3 Å². The summed E-state index contributed by atoms with van der Waals surface area (Å²) in [6.45, 7) is 3.08. The predicted octanol–water partition coefficient (Wildman–Crippen LogP) is 1.66. The van der Waals surface area contributed by atoms with Crippen LogP contribution in [0.4, 0.5) is 8.78 Å². The van der Waals surface area contributed by atoms with Crippen LogP contribution in [0.2, 0.25) is 0 Å². The Morgan fingerprint density at radius 2 is 1.88 bits per heavy atom. The van der Waals surface area contributed by atoms with E-state index in [-0.39, 0.29) is 0 Å². The zero-order valence-electron chi connectivity index (χ0n) is 9.71. The quantitative estimate of drug-likeness (QED) is 0.845. The molecular weight excluding hydrogens is 228 g/mol. The third kappa shape index (κ3) is 3.49. The van der Waals surface area contributed by atoms with Crippen molar-refractivity contribution in [3.05, 3.63) is 34.9 Å². The molecule has 0 heterocycles. The molecule has 1 unspecified atom stereocenters. The van der Waals surface area contributed by atoms with Gasteiger partial charge in [-0.1, -0.05) is 18.2 Å². The number of alkyl halides is 2. The summed E-state index contributed by atoms with van der Waals surface area (Å²) in [6, 6.07) is 5.35. The summed E-state index contributed by atoms with van der Waals surface area (Å²) in [6.07, 6.45) is -4.68. The lowest BCUT2D eigenvalue weighted by Crippen LogP contribution is -2.36. The number of aliphatic hydroxyl groups excluding tert-OH is 1. The highest BCUT2D eigenvalue weighted by Crippen LogP contribution is 2.13. The molecular formula is C12H15F2NO2. The summed E-state index contributed by atoms with van der Waals surface area (Å²) in [5.74, 6) is -0.444. The number of aryl methyl sites for hydroxylation is 2. The van der Waals surface area contributed by atoms with E-state index >= 15 is 0 Å². The Morgan fingerprint density at radius 1 is 1.35 bits per heavy atom. The first-order chi connectivity index (χ1) is 7.93. The van der Waals surface area contributed by atoms with Gasteiger partial charge in [0, 0.05) is 12.1 Å². The smallest absolute Gasteiger partial charge is 0.265 e. The molecule has 0 saturated carbocycles. The molecule has 0 aliphatic carbocycles. The number of halogens is 2. The Kier molecular flexibility index (Phi) is 4.57. The molecule has 0 aromatic heterocycles. The summed E-state index contributed by atoms with van der Waals surface area (Å²) in [5.41, 5.74) is 2.01. The van der Waals surface area contributed by atoms with E-state index in [1.807, 2.05) is 6.07 Å². The number of carbonyl (C=O) groups excluding carboxylic acids is 1. The first-order valence-corrected chi connectivity index (χ1v) is 5.24. The van der Waals surface area contributed by atoms with Crippen LogP contribution in [-0.2, 0) is 0 Å². The summed E-state index contributed by atoms with van der Waals surface area (Å²) >= 11 is 0. The SMILES string of the molecule is Cc1cccc(C)c1C(=O)NCC(O)C(F)F. The molecule has 1 aromatic rings. The minimum Gasteiger partial charge on any atom is -0.385 e. The normalized spacial score (nSPS) is 12.6. The van der Waals surface area contributed by atoms with Crippen molar-refractivity contribution in [3.8, 4) is 0 Å². The van der Waals surface area contributed by atoms with Crippen LogP contribution in [0.25, 0.3) is 0 Å². The third-order valence-corrected chi connectivity index (χ3v) is 2.47. The van der Waals surface area contributed by atoms with Crippen LogP contribution in [-0.4, -0.2) is 30.1 Å². The Hall–Kier alpha value is -1.49. The van der Waals surface area contributed by atoms with Gasteiger partial charge in [0.05, 0.1) is 0 Å². The fraction of sp³-hybridized carbons (Fsp3) is 0.417. The van der Waals surface area contributed by atoms with Crippen molar-refractivity contribution in [1.29, 1.82) is 0 Å². The van der Waals surface area contributed by atoms with Crippen LogP contribution in [0, 0.1) is 13.8 Å². The molecule has 1 aromatic carbocycles. The average Bonchev–Trinajstić information content (AvgIpc) is 2.25. The first-order valence-electron chi connectivity index (χ1n) is 5.24. The van der Waals surface area contributed by atoms with Crippen LogP contribution in [0.1, 0.15) is 21.5 Å². The van der Waals surface area contributed by atoms with Gasteiger partial charge in [-0.15, -0.1) is 0 Å². The van der Waals surface area contributed by atoms with Gasteiger partial charge >= 0.3 is 0 Å². The Labute approximate surface area is 98.5 Å². The Bertz CT molecular complexity index is 387. The van der Waals surface area contributed by atoms with Crippen LogP contribution in [0.3, 0.4) is 0 Å². The number of amides is 1. The van der Waals surface area contributed by atoms with E-state index in [1.165, 1.54) is 0 Å². The predicted molar refractivity (Wildman–Crippen MR) is 60.3 cm³/mol. The lowest BCUT2D eigenvalue weighted by atomic mass is 10.0. The van der Waals surface area contributed by atoms with Gasteiger partial charge in [0.2, 0.25) is 0 Å². The third-order valence-electron chi connectivity index (χ3n) is 2.47. The van der Waals surface area contributed by atoms with E-state index < -0.39 is 25.0 Å². The molecule has 2 N–H and O–H groups in total. The molecule has 1 amide bonds. The monoisotopic (exact) mass is 243 g/mol. The largest absolute Gasteiger partial charge is 0.385 e. The second-order valence-electron chi connectivity index (χ2n) is 3.88. The van der Waals surface area contributed by atoms with Crippen LogP contribution in [0.5, 0.6) is 0 Å². The zero-order valence-corrected chi connectivity index (χ0v) is 9.71. The summed E-state index contributed by atoms with van der Waals surface area (Å²) in [5, 5.41) is 11.2. The van der Waals surface area contributed by atoms with Crippen molar-refractivity contribution >= 4 is 5.91 Å². The number of benzene rings is 1. The molecule has 0 bridgehead atoms. The van der Waals surface area contributed by atoms with Gasteiger partial charge in [-0.3, -0.25) is 4.79 Å². The highest BCUT2D eigenvalue weighted by atomic mass is 19.3. The highest BCUT2D eigenvalue weighted by molar-refractivity contribution is 5.97. The number of rotatable bonds is 4.